The SMILES string of the molecule is Cc1cc(Oc2cccc(C(=O)N(CCc3ccccc3)CCc3ccccc3)c2)ccc1OC(C)(C)C(=O)O. The van der Waals surface area contributed by atoms with Crippen LogP contribution in [0.5, 0.6) is 17.2 Å². The number of aliphatic carboxylic acids is 1. The van der Waals surface area contributed by atoms with E-state index < -0.39 is 11.6 Å². The van der Waals surface area contributed by atoms with E-state index in [2.05, 4.69) is 24.3 Å². The Hall–Kier alpha value is -4.58. The van der Waals surface area contributed by atoms with Gasteiger partial charge in [0.15, 0.2) is 5.60 Å². The molecule has 6 heteroatoms. The lowest BCUT2D eigenvalue weighted by Crippen LogP contribution is -2.38. The molecule has 4 aromatic rings. The Kier molecular flexibility index (Phi) is 9.23. The van der Waals surface area contributed by atoms with E-state index in [-0.39, 0.29) is 5.91 Å². The van der Waals surface area contributed by atoms with Crippen LogP contribution in [0.25, 0.3) is 0 Å². The highest BCUT2D eigenvalue weighted by atomic mass is 16.5. The summed E-state index contributed by atoms with van der Waals surface area (Å²) < 4.78 is 11.8. The minimum absolute atomic E-state index is 0.0480. The summed E-state index contributed by atoms with van der Waals surface area (Å²) in [5.74, 6) is 0.475. The van der Waals surface area contributed by atoms with Gasteiger partial charge in [-0.15, -0.1) is 0 Å². The fourth-order valence-corrected chi connectivity index (χ4v) is 4.26. The molecule has 4 rings (SSSR count). The summed E-state index contributed by atoms with van der Waals surface area (Å²) >= 11 is 0. The van der Waals surface area contributed by atoms with Crippen molar-refractivity contribution in [1.29, 1.82) is 0 Å². The Balaban J connectivity index is 1.48. The topological polar surface area (TPSA) is 76.1 Å². The number of rotatable bonds is 12. The van der Waals surface area contributed by atoms with Crippen LogP contribution in [0.4, 0.5) is 0 Å². The minimum atomic E-state index is -1.35. The van der Waals surface area contributed by atoms with Crippen LogP contribution in [0.15, 0.2) is 103 Å². The monoisotopic (exact) mass is 537 g/mol. The molecule has 0 unspecified atom stereocenters. The van der Waals surface area contributed by atoms with E-state index in [0.717, 1.165) is 18.4 Å². The van der Waals surface area contributed by atoms with Crippen molar-refractivity contribution >= 4 is 11.9 Å². The standard InChI is InChI=1S/C34H35NO5/c1-25-23-30(17-18-31(25)40-34(2,3)33(37)38)39-29-16-10-15-28(24-29)32(36)35(21-19-26-11-6-4-7-12-26)22-20-27-13-8-5-9-14-27/h4-18,23-24H,19-22H2,1-3H3,(H,37,38). The van der Waals surface area contributed by atoms with Crippen molar-refractivity contribution in [2.75, 3.05) is 13.1 Å². The van der Waals surface area contributed by atoms with Gasteiger partial charge in [-0.3, -0.25) is 4.79 Å². The van der Waals surface area contributed by atoms with E-state index in [9.17, 15) is 14.7 Å². The van der Waals surface area contributed by atoms with Gasteiger partial charge in [0.1, 0.15) is 17.2 Å². The third-order valence-electron chi connectivity index (χ3n) is 6.66. The van der Waals surface area contributed by atoms with Gasteiger partial charge >= 0.3 is 5.97 Å². The number of ether oxygens (including phenoxy) is 2. The van der Waals surface area contributed by atoms with Crippen LogP contribution in [-0.2, 0) is 17.6 Å². The number of carboxylic acid groups (broad SMARTS) is 1. The first-order valence-electron chi connectivity index (χ1n) is 13.4. The zero-order chi connectivity index (χ0) is 28.5. The van der Waals surface area contributed by atoms with E-state index >= 15 is 0 Å². The summed E-state index contributed by atoms with van der Waals surface area (Å²) in [6, 6.07) is 32.7. The Labute approximate surface area is 235 Å². The molecule has 6 nitrogen and oxygen atoms in total. The van der Waals surface area contributed by atoms with Crippen molar-refractivity contribution in [3.63, 3.8) is 0 Å². The zero-order valence-corrected chi connectivity index (χ0v) is 23.2. The third-order valence-corrected chi connectivity index (χ3v) is 6.66. The van der Waals surface area contributed by atoms with Crippen molar-refractivity contribution in [2.24, 2.45) is 0 Å². The highest BCUT2D eigenvalue weighted by molar-refractivity contribution is 5.94. The summed E-state index contributed by atoms with van der Waals surface area (Å²) in [7, 11) is 0. The van der Waals surface area contributed by atoms with Crippen molar-refractivity contribution in [3.8, 4) is 17.2 Å². The number of benzene rings is 4. The van der Waals surface area contributed by atoms with Gasteiger partial charge in [0.25, 0.3) is 5.91 Å². The van der Waals surface area contributed by atoms with Crippen LogP contribution in [-0.4, -0.2) is 40.6 Å². The molecule has 0 aliphatic rings. The van der Waals surface area contributed by atoms with Crippen molar-refractivity contribution < 1.29 is 24.2 Å². The van der Waals surface area contributed by atoms with Crippen LogP contribution in [0.2, 0.25) is 0 Å². The maximum Gasteiger partial charge on any atom is 0.347 e. The van der Waals surface area contributed by atoms with E-state index in [1.165, 1.54) is 25.0 Å². The van der Waals surface area contributed by atoms with E-state index in [1.54, 1.807) is 24.3 Å². The molecular formula is C34H35NO5. The first-order chi connectivity index (χ1) is 19.2. The van der Waals surface area contributed by atoms with Gasteiger partial charge in [0.2, 0.25) is 0 Å². The molecule has 0 saturated carbocycles. The van der Waals surface area contributed by atoms with Crippen LogP contribution < -0.4 is 9.47 Å². The lowest BCUT2D eigenvalue weighted by atomic mass is 10.1. The number of nitrogens with zero attached hydrogens (tertiary/aromatic N) is 1. The van der Waals surface area contributed by atoms with E-state index in [0.29, 0.717) is 35.9 Å². The smallest absolute Gasteiger partial charge is 0.347 e. The summed E-state index contributed by atoms with van der Waals surface area (Å²) in [5, 5.41) is 9.36. The fraction of sp³-hybridized carbons (Fsp3) is 0.235. The number of hydrogen-bond acceptors (Lipinski definition) is 4. The van der Waals surface area contributed by atoms with Gasteiger partial charge in [0.05, 0.1) is 0 Å². The predicted octanol–water partition coefficient (Wildman–Crippen LogP) is 6.96. The second-order valence-corrected chi connectivity index (χ2v) is 10.2. The maximum absolute atomic E-state index is 13.7. The van der Waals surface area contributed by atoms with Crippen LogP contribution in [0, 0.1) is 6.92 Å². The molecule has 0 spiro atoms. The molecule has 206 valence electrons. The first-order valence-corrected chi connectivity index (χ1v) is 13.4. The summed E-state index contributed by atoms with van der Waals surface area (Å²) in [5.41, 5.74) is 2.32. The van der Waals surface area contributed by atoms with E-state index in [4.69, 9.17) is 9.47 Å². The average molecular weight is 538 g/mol. The fourth-order valence-electron chi connectivity index (χ4n) is 4.26. The van der Waals surface area contributed by atoms with Gasteiger partial charge < -0.3 is 19.5 Å². The second-order valence-electron chi connectivity index (χ2n) is 10.2. The van der Waals surface area contributed by atoms with Crippen molar-refractivity contribution in [2.45, 2.75) is 39.2 Å². The normalized spacial score (nSPS) is 11.1. The Morgan fingerprint density at radius 3 is 1.88 bits per heavy atom. The molecule has 0 atom stereocenters. The Bertz CT molecular complexity index is 1390. The lowest BCUT2D eigenvalue weighted by molar-refractivity contribution is -0.152. The molecule has 40 heavy (non-hydrogen) atoms. The molecule has 0 bridgehead atoms. The second kappa shape index (κ2) is 13.0. The molecule has 0 aromatic heterocycles. The third kappa shape index (κ3) is 7.73. The minimum Gasteiger partial charge on any atom is -0.478 e. The molecule has 0 heterocycles. The molecular weight excluding hydrogens is 502 g/mol. The molecule has 0 fully saturated rings. The first kappa shape index (κ1) is 28.4. The molecule has 0 saturated heterocycles. The number of carbonyl (C=O) groups is 2. The highest BCUT2D eigenvalue weighted by Crippen LogP contribution is 2.30. The number of carboxylic acids is 1. The summed E-state index contributed by atoms with van der Waals surface area (Å²) in [6.45, 7) is 6.05. The largest absolute Gasteiger partial charge is 0.478 e. The average Bonchev–Trinajstić information content (AvgIpc) is 2.95. The van der Waals surface area contributed by atoms with Gasteiger partial charge in [-0.2, -0.15) is 0 Å². The zero-order valence-electron chi connectivity index (χ0n) is 23.2. The van der Waals surface area contributed by atoms with Gasteiger partial charge in [0, 0.05) is 18.7 Å². The summed E-state index contributed by atoms with van der Waals surface area (Å²) in [4.78, 5) is 27.0. The van der Waals surface area contributed by atoms with Crippen LogP contribution in [0.3, 0.4) is 0 Å². The summed E-state index contributed by atoms with van der Waals surface area (Å²) in [6.07, 6.45) is 1.54. The molecule has 0 radical (unpaired) electrons. The quantitative estimate of drug-likeness (QED) is 0.211. The Morgan fingerprint density at radius 2 is 1.32 bits per heavy atom. The Morgan fingerprint density at radius 1 is 0.750 bits per heavy atom. The van der Waals surface area contributed by atoms with Crippen molar-refractivity contribution in [3.05, 3.63) is 125 Å². The molecule has 4 aromatic carbocycles. The van der Waals surface area contributed by atoms with Crippen LogP contribution in [0.1, 0.15) is 40.9 Å². The highest BCUT2D eigenvalue weighted by Gasteiger charge is 2.30. The lowest BCUT2D eigenvalue weighted by Gasteiger charge is -2.24. The number of carbonyl (C=O) groups excluding carboxylic acids is 1. The number of aryl methyl sites for hydroxylation is 1. The van der Waals surface area contributed by atoms with Gasteiger partial charge in [-0.1, -0.05) is 66.7 Å². The number of amides is 1. The maximum atomic E-state index is 13.7. The van der Waals surface area contributed by atoms with E-state index in [1.807, 2.05) is 66.4 Å². The molecule has 0 aliphatic carbocycles. The molecule has 0 aliphatic heterocycles. The van der Waals surface area contributed by atoms with Crippen LogP contribution >= 0.6 is 0 Å². The number of hydrogen-bond donors (Lipinski definition) is 1. The van der Waals surface area contributed by atoms with Gasteiger partial charge in [-0.25, -0.2) is 4.79 Å². The molecule has 1 amide bonds. The van der Waals surface area contributed by atoms with Gasteiger partial charge in [-0.05, 0) is 86.7 Å². The van der Waals surface area contributed by atoms with Crippen molar-refractivity contribution in [1.82, 2.24) is 4.90 Å². The molecule has 1 N–H and O–H groups in total. The predicted molar refractivity (Wildman–Crippen MR) is 156 cm³/mol.